The van der Waals surface area contributed by atoms with Crippen LogP contribution in [0.25, 0.3) is 0 Å². The maximum atomic E-state index is 11.6. The Kier molecular flexibility index (Phi) is 4.68. The zero-order valence-corrected chi connectivity index (χ0v) is 10.7. The summed E-state index contributed by atoms with van der Waals surface area (Å²) in [4.78, 5) is 13.3. The van der Waals surface area contributed by atoms with Gasteiger partial charge in [-0.2, -0.15) is 12.6 Å². The van der Waals surface area contributed by atoms with Crippen LogP contribution < -0.4 is 4.74 Å². The number of amides is 1. The van der Waals surface area contributed by atoms with E-state index in [2.05, 4.69) is 12.6 Å². The Labute approximate surface area is 102 Å². The van der Waals surface area contributed by atoms with Crippen LogP contribution in [0.4, 0.5) is 0 Å². The molecule has 0 heterocycles. The van der Waals surface area contributed by atoms with Gasteiger partial charge in [0.05, 0.1) is 12.4 Å². The van der Waals surface area contributed by atoms with Crippen LogP contribution in [0.5, 0.6) is 5.75 Å². The van der Waals surface area contributed by atoms with Crippen molar-refractivity contribution in [3.63, 3.8) is 0 Å². The Morgan fingerprint density at radius 2 is 2.00 bits per heavy atom. The van der Waals surface area contributed by atoms with Gasteiger partial charge in [-0.25, -0.2) is 0 Å². The third-order valence-electron chi connectivity index (χ3n) is 2.31. The molecule has 4 heteroatoms. The number of benzene rings is 1. The standard InChI is InChI=1S/C12H17NO2S/c1-9(16)12(14)13(2)8-10-4-6-11(15-3)7-5-10/h4-7,9,16H,8H2,1-3H3. The summed E-state index contributed by atoms with van der Waals surface area (Å²) in [5.74, 6) is 0.847. The van der Waals surface area contributed by atoms with Gasteiger partial charge in [0.25, 0.3) is 0 Å². The van der Waals surface area contributed by atoms with Gasteiger partial charge in [0, 0.05) is 13.6 Å². The van der Waals surface area contributed by atoms with Crippen LogP contribution in [0.15, 0.2) is 24.3 Å². The topological polar surface area (TPSA) is 29.5 Å². The minimum Gasteiger partial charge on any atom is -0.497 e. The summed E-state index contributed by atoms with van der Waals surface area (Å²) in [6, 6.07) is 7.67. The van der Waals surface area contributed by atoms with Crippen LogP contribution in [-0.2, 0) is 11.3 Å². The Morgan fingerprint density at radius 1 is 1.44 bits per heavy atom. The lowest BCUT2D eigenvalue weighted by atomic mass is 10.2. The van der Waals surface area contributed by atoms with Gasteiger partial charge in [0.1, 0.15) is 5.75 Å². The van der Waals surface area contributed by atoms with Crippen molar-refractivity contribution in [2.24, 2.45) is 0 Å². The van der Waals surface area contributed by atoms with E-state index in [1.54, 1.807) is 26.0 Å². The predicted molar refractivity (Wildman–Crippen MR) is 67.9 cm³/mol. The third kappa shape index (κ3) is 3.45. The zero-order valence-electron chi connectivity index (χ0n) is 9.80. The van der Waals surface area contributed by atoms with E-state index >= 15 is 0 Å². The number of carbonyl (C=O) groups is 1. The number of hydrogen-bond donors (Lipinski definition) is 1. The lowest BCUT2D eigenvalue weighted by Gasteiger charge is -2.19. The lowest BCUT2D eigenvalue weighted by molar-refractivity contribution is -0.129. The summed E-state index contributed by atoms with van der Waals surface area (Å²) >= 11 is 4.12. The molecule has 1 unspecified atom stereocenters. The van der Waals surface area contributed by atoms with E-state index < -0.39 is 0 Å². The van der Waals surface area contributed by atoms with Gasteiger partial charge < -0.3 is 9.64 Å². The normalized spacial score (nSPS) is 12.0. The highest BCUT2D eigenvalue weighted by Gasteiger charge is 2.13. The highest BCUT2D eigenvalue weighted by Crippen LogP contribution is 2.13. The van der Waals surface area contributed by atoms with E-state index in [-0.39, 0.29) is 11.2 Å². The maximum Gasteiger partial charge on any atom is 0.235 e. The fourth-order valence-corrected chi connectivity index (χ4v) is 1.60. The molecule has 1 rings (SSSR count). The van der Waals surface area contributed by atoms with Crippen LogP contribution in [0, 0.1) is 0 Å². The molecule has 0 spiro atoms. The van der Waals surface area contributed by atoms with Crippen LogP contribution in [0.2, 0.25) is 0 Å². The van der Waals surface area contributed by atoms with Crippen molar-refractivity contribution in [2.45, 2.75) is 18.7 Å². The molecule has 0 aliphatic heterocycles. The number of rotatable bonds is 4. The average molecular weight is 239 g/mol. The van der Waals surface area contributed by atoms with Crippen LogP contribution >= 0.6 is 12.6 Å². The largest absolute Gasteiger partial charge is 0.497 e. The summed E-state index contributed by atoms with van der Waals surface area (Å²) in [5, 5.41) is -0.261. The Morgan fingerprint density at radius 3 is 2.44 bits per heavy atom. The average Bonchev–Trinajstić information content (AvgIpc) is 2.28. The molecule has 0 fully saturated rings. The molecule has 1 amide bonds. The van der Waals surface area contributed by atoms with Crippen molar-refractivity contribution >= 4 is 18.5 Å². The smallest absolute Gasteiger partial charge is 0.235 e. The summed E-state index contributed by atoms with van der Waals surface area (Å²) < 4.78 is 5.07. The van der Waals surface area contributed by atoms with Crippen molar-refractivity contribution in [1.29, 1.82) is 0 Å². The van der Waals surface area contributed by atoms with Crippen molar-refractivity contribution in [3.8, 4) is 5.75 Å². The number of nitrogens with zero attached hydrogens (tertiary/aromatic N) is 1. The molecule has 0 saturated heterocycles. The molecule has 1 atom stereocenters. The zero-order chi connectivity index (χ0) is 12.1. The van der Waals surface area contributed by atoms with E-state index in [9.17, 15) is 4.79 Å². The van der Waals surface area contributed by atoms with Gasteiger partial charge in [-0.15, -0.1) is 0 Å². The monoisotopic (exact) mass is 239 g/mol. The predicted octanol–water partition coefficient (Wildman–Crippen LogP) is 1.97. The molecule has 88 valence electrons. The third-order valence-corrected chi connectivity index (χ3v) is 2.53. The van der Waals surface area contributed by atoms with Crippen molar-refractivity contribution in [3.05, 3.63) is 29.8 Å². The molecule has 0 aliphatic rings. The molecule has 0 bridgehead atoms. The molecule has 1 aromatic rings. The summed E-state index contributed by atoms with van der Waals surface area (Å²) in [5.41, 5.74) is 1.07. The molecular weight excluding hydrogens is 222 g/mol. The van der Waals surface area contributed by atoms with Crippen molar-refractivity contribution in [2.75, 3.05) is 14.2 Å². The second-order valence-corrected chi connectivity index (χ2v) is 4.49. The molecule has 3 nitrogen and oxygen atoms in total. The van der Waals surface area contributed by atoms with Gasteiger partial charge in [0.2, 0.25) is 5.91 Å². The second kappa shape index (κ2) is 5.80. The molecule has 0 radical (unpaired) electrons. The molecule has 0 saturated carbocycles. The number of thiol groups is 1. The van der Waals surface area contributed by atoms with Crippen LogP contribution in [0.3, 0.4) is 0 Å². The summed E-state index contributed by atoms with van der Waals surface area (Å²) in [7, 11) is 3.41. The number of hydrogen-bond acceptors (Lipinski definition) is 3. The lowest BCUT2D eigenvalue weighted by Crippen LogP contribution is -2.31. The highest BCUT2D eigenvalue weighted by atomic mass is 32.1. The first-order valence-electron chi connectivity index (χ1n) is 5.10. The van der Waals surface area contributed by atoms with E-state index in [1.165, 1.54) is 0 Å². The maximum absolute atomic E-state index is 11.6. The van der Waals surface area contributed by atoms with Crippen molar-refractivity contribution < 1.29 is 9.53 Å². The molecular formula is C12H17NO2S. The minimum atomic E-state index is -0.261. The molecule has 0 aliphatic carbocycles. The summed E-state index contributed by atoms with van der Waals surface area (Å²) in [6.07, 6.45) is 0. The van der Waals surface area contributed by atoms with Gasteiger partial charge in [-0.05, 0) is 24.6 Å². The first-order valence-corrected chi connectivity index (χ1v) is 5.62. The quantitative estimate of drug-likeness (QED) is 0.814. The van der Waals surface area contributed by atoms with Gasteiger partial charge in [-0.3, -0.25) is 4.79 Å². The van der Waals surface area contributed by atoms with Gasteiger partial charge >= 0.3 is 0 Å². The van der Waals surface area contributed by atoms with Crippen LogP contribution in [0.1, 0.15) is 12.5 Å². The highest BCUT2D eigenvalue weighted by molar-refractivity contribution is 7.81. The molecule has 0 N–H and O–H groups in total. The number of ether oxygens (including phenoxy) is 1. The SMILES string of the molecule is COc1ccc(CN(C)C(=O)C(C)S)cc1. The number of carbonyl (C=O) groups excluding carboxylic acids is 1. The van der Waals surface area contributed by atoms with Gasteiger partial charge in [-0.1, -0.05) is 12.1 Å². The first-order chi connectivity index (χ1) is 7.54. The number of methoxy groups -OCH3 is 1. The Bertz CT molecular complexity index is 349. The van der Waals surface area contributed by atoms with Crippen molar-refractivity contribution in [1.82, 2.24) is 4.90 Å². The Balaban J connectivity index is 2.62. The second-order valence-electron chi connectivity index (χ2n) is 3.72. The molecule has 1 aromatic carbocycles. The first kappa shape index (κ1) is 12.9. The van der Waals surface area contributed by atoms with E-state index in [4.69, 9.17) is 4.74 Å². The minimum absolute atomic E-state index is 0.0270. The fraction of sp³-hybridized carbons (Fsp3) is 0.417. The fourth-order valence-electron chi connectivity index (χ4n) is 1.40. The van der Waals surface area contributed by atoms with E-state index in [1.807, 2.05) is 24.3 Å². The Hall–Kier alpha value is -1.16. The van der Waals surface area contributed by atoms with E-state index in [0.717, 1.165) is 11.3 Å². The van der Waals surface area contributed by atoms with Gasteiger partial charge in [0.15, 0.2) is 0 Å². The molecule has 16 heavy (non-hydrogen) atoms. The van der Waals surface area contributed by atoms with Crippen LogP contribution in [-0.4, -0.2) is 30.2 Å². The molecule has 0 aromatic heterocycles. The van der Waals surface area contributed by atoms with E-state index in [0.29, 0.717) is 6.54 Å². The summed E-state index contributed by atoms with van der Waals surface area (Å²) in [6.45, 7) is 2.36.